The van der Waals surface area contributed by atoms with E-state index < -0.39 is 11.4 Å². The summed E-state index contributed by atoms with van der Waals surface area (Å²) in [6.45, 7) is 0.841. The van der Waals surface area contributed by atoms with Crippen LogP contribution in [0.25, 0.3) is 0 Å². The molecule has 1 atom stereocenters. The van der Waals surface area contributed by atoms with Crippen molar-refractivity contribution in [2.24, 2.45) is 5.10 Å². The molecule has 0 aromatic heterocycles. The first kappa shape index (κ1) is 16.1. The average Bonchev–Trinajstić information content (AvgIpc) is 3.04. The highest BCUT2D eigenvalue weighted by atomic mass is 35.5. The molecule has 0 radical (unpaired) electrons. The summed E-state index contributed by atoms with van der Waals surface area (Å²) >= 11 is 3.41. The van der Waals surface area contributed by atoms with Crippen molar-refractivity contribution in [3.8, 4) is 0 Å². The van der Waals surface area contributed by atoms with Gasteiger partial charge in [0.05, 0.1) is 29.4 Å². The van der Waals surface area contributed by atoms with E-state index in [-0.39, 0.29) is 6.61 Å². The molecule has 0 saturated heterocycles. The molecule has 1 heterocycles. The molecule has 3 rings (SSSR count). The van der Waals surface area contributed by atoms with Crippen LogP contribution in [0.15, 0.2) is 53.6 Å². The van der Waals surface area contributed by atoms with Gasteiger partial charge in [0.25, 0.3) is 0 Å². The van der Waals surface area contributed by atoms with E-state index in [1.54, 1.807) is 0 Å². The molecule has 2 aromatic rings. The Morgan fingerprint density at radius 1 is 1.17 bits per heavy atom. The lowest BCUT2D eigenvalue weighted by molar-refractivity contribution is 0.291. The first-order valence-electron chi connectivity index (χ1n) is 7.04. The van der Waals surface area contributed by atoms with Gasteiger partial charge in [-0.05, 0) is 35.4 Å². The second-order valence-electron chi connectivity index (χ2n) is 5.06. The van der Waals surface area contributed by atoms with Crippen LogP contribution in [0.4, 0.5) is 5.69 Å². The van der Waals surface area contributed by atoms with Crippen molar-refractivity contribution >= 4 is 34.4 Å². The van der Waals surface area contributed by atoms with Gasteiger partial charge in [-0.3, -0.25) is 9.19 Å². The molecule has 0 N–H and O–H groups in total. The van der Waals surface area contributed by atoms with Gasteiger partial charge in [0.15, 0.2) is 0 Å². The van der Waals surface area contributed by atoms with Gasteiger partial charge in [-0.25, -0.2) is 4.21 Å². The highest BCUT2D eigenvalue weighted by Crippen LogP contribution is 2.23. The molecule has 0 bridgehead atoms. The number of hydrogen-bond acceptors (Lipinski definition) is 5. The minimum absolute atomic E-state index is 0.0374. The topological polar surface area (TPSA) is 65.0 Å². The number of hydrazone groups is 1. The average molecular weight is 350 g/mol. The Morgan fingerprint density at radius 3 is 2.52 bits per heavy atom. The van der Waals surface area contributed by atoms with Crippen LogP contribution in [0, 0.1) is 0 Å². The maximum Gasteiger partial charge on any atom is 0.0879 e. The third-order valence-electron chi connectivity index (χ3n) is 3.54. The molecule has 23 heavy (non-hydrogen) atoms. The Labute approximate surface area is 142 Å². The van der Waals surface area contributed by atoms with E-state index in [0.717, 1.165) is 35.5 Å². The third kappa shape index (κ3) is 4.17. The van der Waals surface area contributed by atoms with Gasteiger partial charge in [-0.2, -0.15) is 5.10 Å². The molecule has 1 aliphatic heterocycles. The van der Waals surface area contributed by atoms with Gasteiger partial charge in [0.2, 0.25) is 0 Å². The van der Waals surface area contributed by atoms with Crippen LogP contribution in [0.2, 0.25) is 5.02 Å². The van der Waals surface area contributed by atoms with Gasteiger partial charge in [-0.1, -0.05) is 35.9 Å². The van der Waals surface area contributed by atoms with E-state index in [1.165, 1.54) is 0 Å². The van der Waals surface area contributed by atoms with Crippen LogP contribution in [-0.2, 0) is 22.2 Å². The second-order valence-corrected chi connectivity index (χ2v) is 6.14. The summed E-state index contributed by atoms with van der Waals surface area (Å²) in [6.07, 6.45) is 0.863. The molecule has 0 fully saturated rings. The van der Waals surface area contributed by atoms with Crippen molar-refractivity contribution in [3.63, 3.8) is 0 Å². The molecule has 7 heteroatoms. The smallest absolute Gasteiger partial charge is 0.0879 e. The van der Waals surface area contributed by atoms with Crippen LogP contribution in [-0.4, -0.2) is 21.0 Å². The summed E-state index contributed by atoms with van der Waals surface area (Å²) in [6, 6.07) is 15.1. The Hall–Kier alpha value is -1.73. The quantitative estimate of drug-likeness (QED) is 0.777. The van der Waals surface area contributed by atoms with Gasteiger partial charge < -0.3 is 4.55 Å². The van der Waals surface area contributed by atoms with Crippen molar-refractivity contribution in [1.82, 2.24) is 0 Å². The number of hydrogen-bond donors (Lipinski definition) is 0. The Bertz CT molecular complexity index is 732. The lowest BCUT2D eigenvalue weighted by Gasteiger charge is -2.14. The van der Waals surface area contributed by atoms with Crippen molar-refractivity contribution in [1.29, 1.82) is 0 Å². The van der Waals surface area contributed by atoms with Crippen molar-refractivity contribution in [3.05, 3.63) is 64.7 Å². The molecule has 1 unspecified atom stereocenters. The van der Waals surface area contributed by atoms with Crippen molar-refractivity contribution < 1.29 is 12.9 Å². The lowest BCUT2D eigenvalue weighted by Crippen LogP contribution is -2.11. The maximum atomic E-state index is 10.4. The van der Waals surface area contributed by atoms with Gasteiger partial charge >= 0.3 is 0 Å². The predicted molar refractivity (Wildman–Crippen MR) is 90.1 cm³/mol. The van der Waals surface area contributed by atoms with Crippen LogP contribution < -0.4 is 5.01 Å². The van der Waals surface area contributed by atoms with Crippen LogP contribution in [0.5, 0.6) is 0 Å². The highest BCUT2D eigenvalue weighted by molar-refractivity contribution is 7.74. The van der Waals surface area contributed by atoms with Crippen LogP contribution in [0.3, 0.4) is 0 Å². The largest absolute Gasteiger partial charge is 0.750 e. The molecular weight excluding hydrogens is 336 g/mol. The minimum atomic E-state index is -2.49. The summed E-state index contributed by atoms with van der Waals surface area (Å²) in [4.78, 5) is 0. The molecule has 0 aliphatic carbocycles. The van der Waals surface area contributed by atoms with E-state index in [4.69, 9.17) is 11.6 Å². The molecule has 0 amide bonds. The maximum absolute atomic E-state index is 10.4. The Balaban J connectivity index is 1.70. The standard InChI is InChI=1S/C16H15ClN2O3S/c17-14-5-3-13(4-6-14)16-9-10-19(18-16)15-7-1-12(2-8-15)11-22-23(20)21/h1-8H,9-11H2,(H,20,21)/p-1. The zero-order chi connectivity index (χ0) is 16.2. The van der Waals surface area contributed by atoms with E-state index in [0.29, 0.717) is 5.02 Å². The Morgan fingerprint density at radius 2 is 1.87 bits per heavy atom. The van der Waals surface area contributed by atoms with Crippen LogP contribution >= 0.6 is 11.6 Å². The summed E-state index contributed by atoms with van der Waals surface area (Å²) < 4.78 is 25.3. The number of anilines is 1. The van der Waals surface area contributed by atoms with Gasteiger partial charge in [-0.15, -0.1) is 0 Å². The summed E-state index contributed by atoms with van der Waals surface area (Å²) in [5.41, 5.74) is 3.84. The van der Waals surface area contributed by atoms with Crippen molar-refractivity contribution in [2.45, 2.75) is 13.0 Å². The number of halogens is 1. The SMILES string of the molecule is O=S([O-])OCc1ccc(N2CCC(c3ccc(Cl)cc3)=N2)cc1. The number of rotatable bonds is 5. The molecule has 0 spiro atoms. The highest BCUT2D eigenvalue weighted by Gasteiger charge is 2.17. The molecular formula is C16H14ClN2O3S-. The first-order valence-corrected chi connectivity index (χ1v) is 8.42. The first-order chi connectivity index (χ1) is 11.1. The van der Waals surface area contributed by atoms with Gasteiger partial charge in [0.1, 0.15) is 0 Å². The van der Waals surface area contributed by atoms with E-state index in [1.807, 2.05) is 53.5 Å². The van der Waals surface area contributed by atoms with E-state index in [2.05, 4.69) is 9.28 Å². The summed E-state index contributed by atoms with van der Waals surface area (Å²) in [5.74, 6) is 0. The molecule has 0 saturated carbocycles. The summed E-state index contributed by atoms with van der Waals surface area (Å²) in [7, 11) is 0. The minimum Gasteiger partial charge on any atom is -0.750 e. The predicted octanol–water partition coefficient (Wildman–Crippen LogP) is 3.27. The zero-order valence-electron chi connectivity index (χ0n) is 12.1. The molecule has 2 aromatic carbocycles. The fraction of sp³-hybridized carbons (Fsp3) is 0.188. The molecule has 5 nitrogen and oxygen atoms in total. The van der Waals surface area contributed by atoms with E-state index in [9.17, 15) is 8.76 Å². The Kier molecular flexibility index (Phi) is 5.07. The van der Waals surface area contributed by atoms with Gasteiger partial charge in [0, 0.05) is 18.0 Å². The van der Waals surface area contributed by atoms with Crippen molar-refractivity contribution in [2.75, 3.05) is 11.6 Å². The van der Waals surface area contributed by atoms with Crippen LogP contribution in [0.1, 0.15) is 17.5 Å². The monoisotopic (exact) mass is 349 g/mol. The number of benzene rings is 2. The normalized spacial score (nSPS) is 15.6. The number of nitrogens with zero attached hydrogens (tertiary/aromatic N) is 2. The summed E-state index contributed by atoms with van der Waals surface area (Å²) in [5, 5.41) is 7.28. The van der Waals surface area contributed by atoms with E-state index >= 15 is 0 Å². The third-order valence-corrected chi connectivity index (χ3v) is 4.10. The molecule has 1 aliphatic rings. The fourth-order valence-electron chi connectivity index (χ4n) is 2.37. The fourth-order valence-corrected chi connectivity index (χ4v) is 2.73. The lowest BCUT2D eigenvalue weighted by atomic mass is 10.1. The molecule has 120 valence electrons. The second kappa shape index (κ2) is 7.23. The zero-order valence-corrected chi connectivity index (χ0v) is 13.7.